The molecule has 3 aromatic rings. The number of nitrogens with zero attached hydrogens (tertiary/aromatic N) is 2. The zero-order valence-electron chi connectivity index (χ0n) is 10.3. The van der Waals surface area contributed by atoms with Crippen LogP contribution in [0.5, 0.6) is 0 Å². The summed E-state index contributed by atoms with van der Waals surface area (Å²) in [5, 5.41) is 0. The number of aromatic nitrogens is 2. The highest BCUT2D eigenvalue weighted by molar-refractivity contribution is 9.10. The normalized spacial score (nSPS) is 11.3. The first-order valence-corrected chi connectivity index (χ1v) is 7.00. The van der Waals surface area contributed by atoms with E-state index in [0.717, 1.165) is 35.6 Å². The Morgan fingerprint density at radius 3 is 2.79 bits per heavy atom. The summed E-state index contributed by atoms with van der Waals surface area (Å²) in [6.45, 7) is 1.50. The van der Waals surface area contributed by atoms with Crippen molar-refractivity contribution in [2.75, 3.05) is 6.54 Å². The number of halogens is 1. The molecule has 1 aromatic carbocycles. The summed E-state index contributed by atoms with van der Waals surface area (Å²) in [7, 11) is 0. The van der Waals surface area contributed by atoms with Gasteiger partial charge in [0.05, 0.1) is 11.0 Å². The average molecular weight is 320 g/mol. The van der Waals surface area contributed by atoms with E-state index in [1.165, 1.54) is 0 Å². The molecule has 5 heteroatoms. The lowest BCUT2D eigenvalue weighted by atomic mass is 10.3. The van der Waals surface area contributed by atoms with E-state index in [4.69, 9.17) is 10.2 Å². The van der Waals surface area contributed by atoms with Crippen LogP contribution in [-0.2, 0) is 6.54 Å². The molecule has 0 fully saturated rings. The zero-order valence-corrected chi connectivity index (χ0v) is 11.9. The molecule has 0 saturated carbocycles. The second-order valence-corrected chi connectivity index (χ2v) is 5.10. The van der Waals surface area contributed by atoms with E-state index in [1.807, 2.05) is 30.3 Å². The van der Waals surface area contributed by atoms with Crippen LogP contribution in [0, 0.1) is 0 Å². The number of hydrogen-bond acceptors (Lipinski definition) is 3. The smallest absolute Gasteiger partial charge is 0.177 e. The molecule has 0 aliphatic carbocycles. The van der Waals surface area contributed by atoms with Crippen molar-refractivity contribution in [2.45, 2.75) is 13.0 Å². The van der Waals surface area contributed by atoms with Gasteiger partial charge in [0.1, 0.15) is 0 Å². The van der Waals surface area contributed by atoms with Gasteiger partial charge in [-0.1, -0.05) is 12.1 Å². The third-order valence-electron chi connectivity index (χ3n) is 3.03. The van der Waals surface area contributed by atoms with Gasteiger partial charge in [-0.3, -0.25) is 0 Å². The van der Waals surface area contributed by atoms with E-state index < -0.39 is 0 Å². The van der Waals surface area contributed by atoms with Crippen LogP contribution in [0.25, 0.3) is 22.6 Å². The standard InChI is InChI=1S/C14H14BrN3O/c15-13-7-6-12(19-13)14-17-10-4-1-2-5-11(10)18(14)9-3-8-16/h1-2,4-7H,3,8-9,16H2. The maximum atomic E-state index is 5.62. The van der Waals surface area contributed by atoms with Crippen LogP contribution in [0.3, 0.4) is 0 Å². The molecule has 3 rings (SSSR count). The van der Waals surface area contributed by atoms with Crippen LogP contribution in [-0.4, -0.2) is 16.1 Å². The van der Waals surface area contributed by atoms with Crippen molar-refractivity contribution in [3.8, 4) is 11.6 Å². The van der Waals surface area contributed by atoms with Gasteiger partial charge in [-0.15, -0.1) is 0 Å². The van der Waals surface area contributed by atoms with Gasteiger partial charge >= 0.3 is 0 Å². The number of rotatable bonds is 4. The highest BCUT2D eigenvalue weighted by atomic mass is 79.9. The Balaban J connectivity index is 2.16. The van der Waals surface area contributed by atoms with Crippen LogP contribution in [0.15, 0.2) is 45.5 Å². The number of furan rings is 1. The molecule has 0 atom stereocenters. The Morgan fingerprint density at radius 1 is 1.21 bits per heavy atom. The Labute approximate surface area is 119 Å². The lowest BCUT2D eigenvalue weighted by molar-refractivity contribution is 0.543. The molecule has 0 radical (unpaired) electrons. The molecule has 0 saturated heterocycles. The van der Waals surface area contributed by atoms with E-state index in [0.29, 0.717) is 11.2 Å². The molecule has 2 N–H and O–H groups in total. The molecule has 0 bridgehead atoms. The summed E-state index contributed by atoms with van der Waals surface area (Å²) in [5.41, 5.74) is 7.70. The summed E-state index contributed by atoms with van der Waals surface area (Å²) in [5.74, 6) is 1.61. The number of para-hydroxylation sites is 2. The van der Waals surface area contributed by atoms with E-state index in [2.05, 4.69) is 31.5 Å². The first-order chi connectivity index (χ1) is 9.29. The van der Waals surface area contributed by atoms with Crippen LogP contribution in [0.1, 0.15) is 6.42 Å². The Kier molecular flexibility index (Phi) is 3.40. The molecule has 98 valence electrons. The maximum Gasteiger partial charge on any atom is 0.177 e. The summed E-state index contributed by atoms with van der Waals surface area (Å²) in [6, 6.07) is 11.9. The molecule has 0 aliphatic heterocycles. The van der Waals surface area contributed by atoms with Crippen molar-refractivity contribution in [2.24, 2.45) is 5.73 Å². The molecular weight excluding hydrogens is 306 g/mol. The van der Waals surface area contributed by atoms with Gasteiger partial charge in [-0.05, 0) is 53.2 Å². The van der Waals surface area contributed by atoms with E-state index in [9.17, 15) is 0 Å². The summed E-state index contributed by atoms with van der Waals surface area (Å²) >= 11 is 3.33. The molecule has 0 spiro atoms. The van der Waals surface area contributed by atoms with Gasteiger partial charge in [0.2, 0.25) is 0 Å². The number of hydrogen-bond donors (Lipinski definition) is 1. The lowest BCUT2D eigenvalue weighted by Gasteiger charge is -2.06. The van der Waals surface area contributed by atoms with Gasteiger partial charge in [-0.2, -0.15) is 0 Å². The number of imidazole rings is 1. The SMILES string of the molecule is NCCCn1c(-c2ccc(Br)o2)nc2ccccc21. The summed E-state index contributed by atoms with van der Waals surface area (Å²) in [6.07, 6.45) is 0.912. The van der Waals surface area contributed by atoms with Crippen molar-refractivity contribution in [3.05, 3.63) is 41.1 Å². The van der Waals surface area contributed by atoms with E-state index in [1.54, 1.807) is 0 Å². The van der Waals surface area contributed by atoms with Crippen LogP contribution >= 0.6 is 15.9 Å². The molecule has 0 amide bonds. The number of fused-ring (bicyclic) bond motifs is 1. The fraction of sp³-hybridized carbons (Fsp3) is 0.214. The zero-order chi connectivity index (χ0) is 13.2. The predicted octanol–water partition coefficient (Wildman–Crippen LogP) is 3.41. The predicted molar refractivity (Wildman–Crippen MR) is 78.8 cm³/mol. The Morgan fingerprint density at radius 2 is 2.05 bits per heavy atom. The van der Waals surface area contributed by atoms with Crippen LogP contribution in [0.2, 0.25) is 0 Å². The minimum atomic E-state index is 0.661. The maximum absolute atomic E-state index is 5.62. The molecule has 2 heterocycles. The topological polar surface area (TPSA) is 57.0 Å². The summed E-state index contributed by atoms with van der Waals surface area (Å²) in [4.78, 5) is 4.66. The third kappa shape index (κ3) is 2.31. The highest BCUT2D eigenvalue weighted by Crippen LogP contribution is 2.28. The number of benzene rings is 1. The monoisotopic (exact) mass is 319 g/mol. The van der Waals surface area contributed by atoms with Gasteiger partial charge in [0.15, 0.2) is 16.3 Å². The molecule has 0 unspecified atom stereocenters. The van der Waals surface area contributed by atoms with Crippen molar-refractivity contribution in [1.82, 2.24) is 9.55 Å². The quantitative estimate of drug-likeness (QED) is 0.801. The van der Waals surface area contributed by atoms with Crippen molar-refractivity contribution in [1.29, 1.82) is 0 Å². The second kappa shape index (κ2) is 5.19. The fourth-order valence-electron chi connectivity index (χ4n) is 2.17. The fourth-order valence-corrected chi connectivity index (χ4v) is 2.48. The van der Waals surface area contributed by atoms with Crippen molar-refractivity contribution >= 4 is 27.0 Å². The van der Waals surface area contributed by atoms with E-state index >= 15 is 0 Å². The Bertz CT molecular complexity index is 702. The van der Waals surface area contributed by atoms with Crippen molar-refractivity contribution in [3.63, 3.8) is 0 Å². The number of aryl methyl sites for hydroxylation is 1. The number of nitrogens with two attached hydrogens (primary N) is 1. The largest absolute Gasteiger partial charge is 0.446 e. The average Bonchev–Trinajstić information content (AvgIpc) is 3.00. The van der Waals surface area contributed by atoms with Gasteiger partial charge in [0, 0.05) is 6.54 Å². The molecule has 2 aromatic heterocycles. The van der Waals surface area contributed by atoms with Crippen LogP contribution in [0.4, 0.5) is 0 Å². The van der Waals surface area contributed by atoms with Gasteiger partial charge < -0.3 is 14.7 Å². The second-order valence-electron chi connectivity index (χ2n) is 4.32. The molecule has 4 nitrogen and oxygen atoms in total. The third-order valence-corrected chi connectivity index (χ3v) is 3.46. The Hall–Kier alpha value is -1.59. The van der Waals surface area contributed by atoms with Crippen LogP contribution < -0.4 is 5.73 Å². The molecule has 19 heavy (non-hydrogen) atoms. The molecular formula is C14H14BrN3O. The molecule has 0 aliphatic rings. The first-order valence-electron chi connectivity index (χ1n) is 6.20. The van der Waals surface area contributed by atoms with Gasteiger partial charge in [0.25, 0.3) is 0 Å². The van der Waals surface area contributed by atoms with Crippen molar-refractivity contribution < 1.29 is 4.42 Å². The minimum Gasteiger partial charge on any atom is -0.446 e. The van der Waals surface area contributed by atoms with Gasteiger partial charge in [-0.25, -0.2) is 4.98 Å². The minimum absolute atomic E-state index is 0.661. The highest BCUT2D eigenvalue weighted by Gasteiger charge is 2.14. The first kappa shape index (κ1) is 12.4. The summed E-state index contributed by atoms with van der Waals surface area (Å²) < 4.78 is 8.49. The lowest BCUT2D eigenvalue weighted by Crippen LogP contribution is -2.06. The van der Waals surface area contributed by atoms with E-state index in [-0.39, 0.29) is 0 Å².